The molecule has 0 N–H and O–H groups in total. The summed E-state index contributed by atoms with van der Waals surface area (Å²) in [4.78, 5) is 0. The zero-order valence-electron chi connectivity index (χ0n) is 13.2. The van der Waals surface area contributed by atoms with Gasteiger partial charge in [-0.15, -0.1) is 0 Å². The molecular weight excluding hydrogens is 218 g/mol. The van der Waals surface area contributed by atoms with E-state index in [9.17, 15) is 5.26 Å². The summed E-state index contributed by atoms with van der Waals surface area (Å²) in [5.74, 6) is 0. The molecule has 100 valence electrons. The molecule has 0 saturated carbocycles. The van der Waals surface area contributed by atoms with E-state index in [1.807, 2.05) is 27.7 Å². The van der Waals surface area contributed by atoms with Crippen LogP contribution in [0.5, 0.6) is 0 Å². The van der Waals surface area contributed by atoms with Crippen molar-refractivity contribution in [3.05, 3.63) is 34.9 Å². The third-order valence-electron chi connectivity index (χ3n) is 2.94. The summed E-state index contributed by atoms with van der Waals surface area (Å²) in [6.45, 7) is 16.6. The second-order valence-corrected chi connectivity index (χ2v) is 6.07. The fourth-order valence-corrected chi connectivity index (χ4v) is 1.64. The van der Waals surface area contributed by atoms with Crippen LogP contribution in [0.2, 0.25) is 0 Å². The van der Waals surface area contributed by atoms with E-state index in [0.717, 1.165) is 5.56 Å². The van der Waals surface area contributed by atoms with E-state index in [1.165, 1.54) is 11.1 Å². The Balaban J connectivity index is 0.00000137. The van der Waals surface area contributed by atoms with E-state index in [4.69, 9.17) is 0 Å². The molecular formula is C17H27N. The lowest BCUT2D eigenvalue weighted by Gasteiger charge is -2.24. The highest BCUT2D eigenvalue weighted by Gasteiger charge is 2.23. The molecule has 1 aromatic rings. The van der Waals surface area contributed by atoms with E-state index in [0.29, 0.717) is 0 Å². The summed E-state index contributed by atoms with van der Waals surface area (Å²) in [7, 11) is 0. The minimum atomic E-state index is -0.411. The molecule has 0 aliphatic heterocycles. The minimum absolute atomic E-state index is 0.131. The number of nitrogens with zero attached hydrogens (tertiary/aromatic N) is 1. The standard InChI is InChI=1S/C15H21N.C2H6/c1-11-7-12(14(2,3)4)9-13(8-11)15(5,6)10-16;1-2/h7-9H,1-6H3;1-2H3. The Morgan fingerprint density at radius 2 is 1.33 bits per heavy atom. The number of hydrogen-bond acceptors (Lipinski definition) is 1. The number of benzene rings is 1. The average Bonchev–Trinajstić information content (AvgIpc) is 2.30. The second kappa shape index (κ2) is 6.05. The molecule has 0 bridgehead atoms. The predicted molar refractivity (Wildman–Crippen MR) is 79.9 cm³/mol. The summed E-state index contributed by atoms with van der Waals surface area (Å²) in [6, 6.07) is 8.84. The Hall–Kier alpha value is -1.29. The van der Waals surface area contributed by atoms with E-state index in [2.05, 4.69) is 52.0 Å². The van der Waals surface area contributed by atoms with E-state index in [-0.39, 0.29) is 5.41 Å². The van der Waals surface area contributed by atoms with Crippen LogP contribution in [-0.4, -0.2) is 0 Å². The van der Waals surface area contributed by atoms with Crippen molar-refractivity contribution in [1.29, 1.82) is 5.26 Å². The minimum Gasteiger partial charge on any atom is -0.197 e. The Morgan fingerprint density at radius 1 is 0.889 bits per heavy atom. The van der Waals surface area contributed by atoms with Crippen LogP contribution in [0, 0.1) is 18.3 Å². The Labute approximate surface area is 113 Å². The summed E-state index contributed by atoms with van der Waals surface area (Å²) >= 11 is 0. The Morgan fingerprint density at radius 3 is 1.72 bits per heavy atom. The first-order valence-electron chi connectivity index (χ1n) is 6.71. The maximum absolute atomic E-state index is 9.18. The van der Waals surface area contributed by atoms with Crippen molar-refractivity contribution in [3.63, 3.8) is 0 Å². The van der Waals surface area contributed by atoms with Crippen LogP contribution in [0.4, 0.5) is 0 Å². The van der Waals surface area contributed by atoms with Gasteiger partial charge in [-0.25, -0.2) is 0 Å². The summed E-state index contributed by atoms with van der Waals surface area (Å²) < 4.78 is 0. The first-order valence-corrected chi connectivity index (χ1v) is 6.71. The van der Waals surface area contributed by atoms with Gasteiger partial charge in [0.2, 0.25) is 0 Å². The molecule has 1 aromatic carbocycles. The monoisotopic (exact) mass is 245 g/mol. The molecule has 1 rings (SSSR count). The molecule has 0 fully saturated rings. The summed E-state index contributed by atoms with van der Waals surface area (Å²) in [6.07, 6.45) is 0. The number of hydrogen-bond donors (Lipinski definition) is 0. The molecule has 0 radical (unpaired) electrons. The Bertz CT molecular complexity index is 428. The average molecular weight is 245 g/mol. The molecule has 1 nitrogen and oxygen atoms in total. The number of aryl methyl sites for hydroxylation is 1. The summed E-state index contributed by atoms with van der Waals surface area (Å²) in [5.41, 5.74) is 3.36. The largest absolute Gasteiger partial charge is 0.197 e. The van der Waals surface area contributed by atoms with Crippen LogP contribution in [0.3, 0.4) is 0 Å². The van der Waals surface area contributed by atoms with Gasteiger partial charge in [-0.05, 0) is 37.3 Å². The lowest BCUT2D eigenvalue weighted by molar-refractivity contribution is 0.584. The lowest BCUT2D eigenvalue weighted by Crippen LogP contribution is -2.17. The van der Waals surface area contributed by atoms with Gasteiger partial charge in [0.1, 0.15) is 0 Å². The Kier molecular flexibility index (Phi) is 5.61. The van der Waals surface area contributed by atoms with Crippen LogP contribution in [-0.2, 0) is 10.8 Å². The van der Waals surface area contributed by atoms with Gasteiger partial charge in [0.05, 0.1) is 11.5 Å². The topological polar surface area (TPSA) is 23.8 Å². The molecule has 0 unspecified atom stereocenters. The second-order valence-electron chi connectivity index (χ2n) is 6.07. The third kappa shape index (κ3) is 4.18. The first-order chi connectivity index (χ1) is 8.16. The fraction of sp³-hybridized carbons (Fsp3) is 0.588. The van der Waals surface area contributed by atoms with Crippen LogP contribution < -0.4 is 0 Å². The van der Waals surface area contributed by atoms with Gasteiger partial charge >= 0.3 is 0 Å². The SMILES string of the molecule is CC.Cc1cc(C(C)(C)C)cc(C(C)(C)C#N)c1. The quantitative estimate of drug-likeness (QED) is 0.673. The van der Waals surface area contributed by atoms with E-state index < -0.39 is 5.41 Å². The molecule has 0 spiro atoms. The highest BCUT2D eigenvalue weighted by atomic mass is 14.3. The zero-order chi connectivity index (χ0) is 14.6. The lowest BCUT2D eigenvalue weighted by atomic mass is 9.79. The first kappa shape index (κ1) is 16.7. The number of rotatable bonds is 1. The summed E-state index contributed by atoms with van der Waals surface area (Å²) in [5, 5.41) is 9.18. The van der Waals surface area contributed by atoms with Crippen LogP contribution >= 0.6 is 0 Å². The van der Waals surface area contributed by atoms with Gasteiger partial charge in [0.15, 0.2) is 0 Å². The van der Waals surface area contributed by atoms with Crippen molar-refractivity contribution in [3.8, 4) is 6.07 Å². The van der Waals surface area contributed by atoms with Crippen molar-refractivity contribution in [2.24, 2.45) is 0 Å². The molecule has 0 heterocycles. The number of nitriles is 1. The van der Waals surface area contributed by atoms with Crippen LogP contribution in [0.1, 0.15) is 65.2 Å². The maximum Gasteiger partial charge on any atom is 0.0766 e. The van der Waals surface area contributed by atoms with Gasteiger partial charge in [0, 0.05) is 0 Å². The fourth-order valence-electron chi connectivity index (χ4n) is 1.64. The van der Waals surface area contributed by atoms with Gasteiger partial charge in [-0.1, -0.05) is 58.4 Å². The van der Waals surface area contributed by atoms with Crippen molar-refractivity contribution >= 4 is 0 Å². The van der Waals surface area contributed by atoms with Crippen molar-refractivity contribution < 1.29 is 0 Å². The highest BCUT2D eigenvalue weighted by Crippen LogP contribution is 2.29. The van der Waals surface area contributed by atoms with Gasteiger partial charge in [-0.2, -0.15) is 5.26 Å². The molecule has 0 aliphatic carbocycles. The highest BCUT2D eigenvalue weighted by molar-refractivity contribution is 5.39. The molecule has 1 heteroatoms. The smallest absolute Gasteiger partial charge is 0.0766 e. The van der Waals surface area contributed by atoms with Crippen molar-refractivity contribution in [1.82, 2.24) is 0 Å². The molecule has 0 atom stereocenters. The van der Waals surface area contributed by atoms with Crippen LogP contribution in [0.15, 0.2) is 18.2 Å². The maximum atomic E-state index is 9.18. The molecule has 18 heavy (non-hydrogen) atoms. The van der Waals surface area contributed by atoms with E-state index in [1.54, 1.807) is 0 Å². The van der Waals surface area contributed by atoms with Crippen molar-refractivity contribution in [2.75, 3.05) is 0 Å². The predicted octanol–water partition coefficient (Wildman–Crippen LogP) is 5.12. The molecule has 0 aromatic heterocycles. The molecule has 0 saturated heterocycles. The molecule has 0 amide bonds. The normalized spacial score (nSPS) is 11.3. The van der Waals surface area contributed by atoms with Gasteiger partial charge in [-0.3, -0.25) is 0 Å². The third-order valence-corrected chi connectivity index (χ3v) is 2.94. The van der Waals surface area contributed by atoms with Crippen molar-refractivity contribution in [2.45, 2.75) is 66.2 Å². The van der Waals surface area contributed by atoms with Gasteiger partial charge < -0.3 is 0 Å². The van der Waals surface area contributed by atoms with Gasteiger partial charge in [0.25, 0.3) is 0 Å². The zero-order valence-corrected chi connectivity index (χ0v) is 13.2. The van der Waals surface area contributed by atoms with E-state index >= 15 is 0 Å². The van der Waals surface area contributed by atoms with Crippen LogP contribution in [0.25, 0.3) is 0 Å². The molecule has 0 aliphatic rings.